The second-order valence-electron chi connectivity index (χ2n) is 6.70. The quantitative estimate of drug-likeness (QED) is 0.205. The van der Waals surface area contributed by atoms with E-state index in [1.807, 2.05) is 0 Å². The second-order valence-corrected chi connectivity index (χ2v) is 7.07. The molecule has 0 bridgehead atoms. The molecule has 1 aliphatic rings. The van der Waals surface area contributed by atoms with E-state index in [4.69, 9.17) is 5.11 Å². The molecule has 3 amide bonds. The van der Waals surface area contributed by atoms with E-state index in [1.165, 1.54) is 0 Å². The molecule has 6 N–H and O–H groups in total. The lowest BCUT2D eigenvalue weighted by molar-refractivity contribution is -0.143. The standard InChI is InChI=1S/C16H28N4O6S/c1-8(2)12(16(25)26)20-14(23)10(6-21)18-15(24)11(7-27)19-13(22)9-4-3-5-17-9/h8-12,17,21,27H,3-7H2,1-2H3,(H,18,24)(H,19,22)(H,20,23)(H,25,26). The van der Waals surface area contributed by atoms with Gasteiger partial charge >= 0.3 is 5.97 Å². The van der Waals surface area contributed by atoms with E-state index in [0.29, 0.717) is 6.42 Å². The van der Waals surface area contributed by atoms with Gasteiger partial charge < -0.3 is 31.5 Å². The van der Waals surface area contributed by atoms with Crippen molar-refractivity contribution >= 4 is 36.3 Å². The number of thiol groups is 1. The van der Waals surface area contributed by atoms with Gasteiger partial charge in [0.05, 0.1) is 12.6 Å². The third-order valence-electron chi connectivity index (χ3n) is 4.24. The molecular weight excluding hydrogens is 376 g/mol. The number of carbonyl (C=O) groups excluding carboxylic acids is 3. The molecule has 10 nitrogen and oxygen atoms in total. The first kappa shape index (κ1) is 23.2. The molecule has 154 valence electrons. The predicted molar refractivity (Wildman–Crippen MR) is 100 cm³/mol. The maximum atomic E-state index is 12.3. The summed E-state index contributed by atoms with van der Waals surface area (Å²) < 4.78 is 0. The maximum Gasteiger partial charge on any atom is 0.326 e. The first-order valence-corrected chi connectivity index (χ1v) is 9.43. The van der Waals surface area contributed by atoms with Gasteiger partial charge in [-0.25, -0.2) is 4.79 Å². The number of amides is 3. The Kier molecular flexibility index (Phi) is 9.53. The molecule has 0 aliphatic carbocycles. The first-order chi connectivity index (χ1) is 12.7. The number of nitrogens with one attached hydrogen (secondary N) is 4. The lowest BCUT2D eigenvalue weighted by atomic mass is 10.0. The minimum absolute atomic E-state index is 0.00614. The Bertz CT molecular complexity index is 553. The molecule has 27 heavy (non-hydrogen) atoms. The summed E-state index contributed by atoms with van der Waals surface area (Å²) >= 11 is 4.05. The predicted octanol–water partition coefficient (Wildman–Crippen LogP) is -2.14. The molecule has 1 aliphatic heterocycles. The van der Waals surface area contributed by atoms with Crippen LogP contribution in [0.2, 0.25) is 0 Å². The Morgan fingerprint density at radius 3 is 2.19 bits per heavy atom. The highest BCUT2D eigenvalue weighted by Gasteiger charge is 2.31. The van der Waals surface area contributed by atoms with E-state index in [0.717, 1.165) is 13.0 Å². The summed E-state index contributed by atoms with van der Waals surface area (Å²) in [5.74, 6) is -3.46. The van der Waals surface area contributed by atoms with Crippen LogP contribution in [-0.2, 0) is 19.2 Å². The van der Waals surface area contributed by atoms with Crippen molar-refractivity contribution in [3.8, 4) is 0 Å². The van der Waals surface area contributed by atoms with Crippen molar-refractivity contribution in [2.75, 3.05) is 18.9 Å². The van der Waals surface area contributed by atoms with E-state index in [9.17, 15) is 24.3 Å². The molecule has 0 saturated carbocycles. The minimum atomic E-state index is -1.35. The summed E-state index contributed by atoms with van der Waals surface area (Å²) in [5, 5.41) is 28.7. The topological polar surface area (TPSA) is 157 Å². The number of aliphatic hydroxyl groups is 1. The average molecular weight is 404 g/mol. The highest BCUT2D eigenvalue weighted by Crippen LogP contribution is 2.06. The first-order valence-electron chi connectivity index (χ1n) is 8.80. The molecule has 0 radical (unpaired) electrons. The van der Waals surface area contributed by atoms with Gasteiger partial charge in [0.15, 0.2) is 0 Å². The van der Waals surface area contributed by atoms with Gasteiger partial charge in [-0.15, -0.1) is 0 Å². The van der Waals surface area contributed by atoms with Crippen LogP contribution in [0, 0.1) is 5.92 Å². The summed E-state index contributed by atoms with van der Waals surface area (Å²) in [7, 11) is 0. The number of hydrogen-bond donors (Lipinski definition) is 7. The number of carboxylic acids is 1. The number of aliphatic carboxylic acids is 1. The van der Waals surface area contributed by atoms with Crippen LogP contribution in [0.3, 0.4) is 0 Å². The van der Waals surface area contributed by atoms with E-state index in [2.05, 4.69) is 33.9 Å². The third kappa shape index (κ3) is 7.00. The van der Waals surface area contributed by atoms with E-state index in [1.54, 1.807) is 13.8 Å². The monoisotopic (exact) mass is 404 g/mol. The van der Waals surface area contributed by atoms with Crippen LogP contribution in [-0.4, -0.2) is 77.0 Å². The van der Waals surface area contributed by atoms with Crippen molar-refractivity contribution in [3.05, 3.63) is 0 Å². The Morgan fingerprint density at radius 1 is 1.11 bits per heavy atom. The maximum absolute atomic E-state index is 12.3. The summed E-state index contributed by atoms with van der Waals surface area (Å²) in [6.45, 7) is 3.24. The lowest BCUT2D eigenvalue weighted by Gasteiger charge is -2.24. The van der Waals surface area contributed by atoms with Crippen molar-refractivity contribution in [3.63, 3.8) is 0 Å². The Morgan fingerprint density at radius 2 is 1.74 bits per heavy atom. The fourth-order valence-electron chi connectivity index (χ4n) is 2.61. The Labute approximate surface area is 163 Å². The van der Waals surface area contributed by atoms with Crippen LogP contribution < -0.4 is 21.3 Å². The van der Waals surface area contributed by atoms with Crippen molar-refractivity contribution < 1.29 is 29.4 Å². The van der Waals surface area contributed by atoms with Crippen LogP contribution in [0.15, 0.2) is 0 Å². The van der Waals surface area contributed by atoms with E-state index >= 15 is 0 Å². The number of carboxylic acid groups (broad SMARTS) is 1. The van der Waals surface area contributed by atoms with Gasteiger partial charge in [0.1, 0.15) is 18.1 Å². The lowest BCUT2D eigenvalue weighted by Crippen LogP contribution is -2.59. The Hall–Kier alpha value is -1.85. The molecule has 1 rings (SSSR count). The van der Waals surface area contributed by atoms with Gasteiger partial charge in [-0.1, -0.05) is 13.8 Å². The van der Waals surface area contributed by atoms with Crippen LogP contribution in [0.25, 0.3) is 0 Å². The average Bonchev–Trinajstić information content (AvgIpc) is 3.15. The zero-order chi connectivity index (χ0) is 20.6. The summed E-state index contributed by atoms with van der Waals surface area (Å²) in [6.07, 6.45) is 1.53. The van der Waals surface area contributed by atoms with E-state index < -0.39 is 42.5 Å². The highest BCUT2D eigenvalue weighted by atomic mass is 32.1. The number of hydrogen-bond acceptors (Lipinski definition) is 7. The van der Waals surface area contributed by atoms with Gasteiger partial charge in [0, 0.05) is 5.75 Å². The van der Waals surface area contributed by atoms with Crippen LogP contribution in [0.1, 0.15) is 26.7 Å². The van der Waals surface area contributed by atoms with Crippen LogP contribution >= 0.6 is 12.6 Å². The summed E-state index contributed by atoms with van der Waals surface area (Å²) in [5.41, 5.74) is 0. The highest BCUT2D eigenvalue weighted by molar-refractivity contribution is 7.80. The minimum Gasteiger partial charge on any atom is -0.480 e. The molecule has 1 saturated heterocycles. The molecule has 1 heterocycles. The van der Waals surface area contributed by atoms with Crippen LogP contribution in [0.5, 0.6) is 0 Å². The second kappa shape index (κ2) is 11.1. The summed E-state index contributed by atoms with van der Waals surface area (Å²) in [6, 6.07) is -3.87. The van der Waals surface area contributed by atoms with Gasteiger partial charge in [0.25, 0.3) is 0 Å². The molecule has 11 heteroatoms. The molecule has 0 aromatic rings. The fraction of sp³-hybridized carbons (Fsp3) is 0.750. The smallest absolute Gasteiger partial charge is 0.326 e. The molecule has 4 unspecified atom stereocenters. The van der Waals surface area contributed by atoms with Crippen LogP contribution in [0.4, 0.5) is 0 Å². The molecule has 1 fully saturated rings. The number of aliphatic hydroxyl groups excluding tert-OH is 1. The van der Waals surface area contributed by atoms with Crippen molar-refractivity contribution in [2.24, 2.45) is 5.92 Å². The number of carbonyl (C=O) groups is 4. The molecule has 0 aromatic carbocycles. The fourth-order valence-corrected chi connectivity index (χ4v) is 2.87. The van der Waals surface area contributed by atoms with E-state index in [-0.39, 0.29) is 23.6 Å². The summed E-state index contributed by atoms with van der Waals surface area (Å²) in [4.78, 5) is 47.9. The third-order valence-corrected chi connectivity index (χ3v) is 4.60. The van der Waals surface area contributed by atoms with Crippen molar-refractivity contribution in [1.29, 1.82) is 0 Å². The molecule has 0 aromatic heterocycles. The largest absolute Gasteiger partial charge is 0.480 e. The molecule has 4 atom stereocenters. The van der Waals surface area contributed by atoms with Gasteiger partial charge in [-0.2, -0.15) is 12.6 Å². The SMILES string of the molecule is CC(C)C(NC(=O)C(CO)NC(=O)C(CS)NC(=O)C1CCCN1)C(=O)O. The van der Waals surface area contributed by atoms with Gasteiger partial charge in [-0.05, 0) is 25.3 Å². The van der Waals surface area contributed by atoms with Gasteiger partial charge in [0.2, 0.25) is 17.7 Å². The molecular formula is C16H28N4O6S. The zero-order valence-electron chi connectivity index (χ0n) is 15.4. The number of rotatable bonds is 10. The van der Waals surface area contributed by atoms with Gasteiger partial charge in [-0.3, -0.25) is 14.4 Å². The Balaban J connectivity index is 2.67. The van der Waals surface area contributed by atoms with Crippen molar-refractivity contribution in [2.45, 2.75) is 50.9 Å². The zero-order valence-corrected chi connectivity index (χ0v) is 16.3. The van der Waals surface area contributed by atoms with Crippen molar-refractivity contribution in [1.82, 2.24) is 21.3 Å². The normalized spacial score (nSPS) is 19.8. The molecule has 0 spiro atoms.